The van der Waals surface area contributed by atoms with E-state index in [9.17, 15) is 4.79 Å². The van der Waals surface area contributed by atoms with Crippen molar-refractivity contribution in [1.82, 2.24) is 0 Å². The van der Waals surface area contributed by atoms with Crippen LogP contribution in [0.25, 0.3) is 0 Å². The summed E-state index contributed by atoms with van der Waals surface area (Å²) in [6.07, 6.45) is 1.52. The van der Waals surface area contributed by atoms with Gasteiger partial charge in [-0.2, -0.15) is 0 Å². The topological polar surface area (TPSA) is 89.3 Å². The summed E-state index contributed by atoms with van der Waals surface area (Å²) >= 11 is 0. The lowest BCUT2D eigenvalue weighted by Crippen LogP contribution is -2.46. The van der Waals surface area contributed by atoms with Crippen LogP contribution in [0, 0.1) is 0 Å². The van der Waals surface area contributed by atoms with E-state index in [0.717, 1.165) is 6.42 Å². The average Bonchev–Trinajstić information content (AvgIpc) is 1.87. The third kappa shape index (κ3) is 2.80. The Morgan fingerprint density at radius 3 is 2.40 bits per heavy atom. The Morgan fingerprint density at radius 2 is 2.10 bits per heavy atom. The molecule has 0 saturated carbocycles. The Morgan fingerprint density at radius 1 is 1.60 bits per heavy atom. The highest BCUT2D eigenvalue weighted by Crippen LogP contribution is 1.96. The molecule has 0 fully saturated rings. The molecule has 4 heteroatoms. The van der Waals surface area contributed by atoms with Crippen LogP contribution in [-0.2, 0) is 4.79 Å². The van der Waals surface area contributed by atoms with E-state index in [4.69, 9.17) is 16.6 Å². The minimum Gasteiger partial charge on any atom is -0.480 e. The first-order valence-corrected chi connectivity index (χ1v) is 3.33. The molecule has 0 heterocycles. The van der Waals surface area contributed by atoms with E-state index in [1.807, 2.05) is 6.92 Å². The highest BCUT2D eigenvalue weighted by Gasteiger charge is 2.18. The summed E-state index contributed by atoms with van der Waals surface area (Å²) in [6.45, 7) is 1.94. The van der Waals surface area contributed by atoms with Gasteiger partial charge in [-0.3, -0.25) is 4.79 Å². The average molecular weight is 146 g/mol. The van der Waals surface area contributed by atoms with Crippen LogP contribution in [0.2, 0.25) is 0 Å². The monoisotopic (exact) mass is 146 g/mol. The van der Waals surface area contributed by atoms with Gasteiger partial charge in [0.1, 0.15) is 6.04 Å². The molecule has 0 spiro atoms. The summed E-state index contributed by atoms with van der Waals surface area (Å²) in [7, 11) is 0. The van der Waals surface area contributed by atoms with Crippen molar-refractivity contribution in [1.29, 1.82) is 0 Å². The molecule has 0 aliphatic heterocycles. The van der Waals surface area contributed by atoms with Crippen molar-refractivity contribution in [2.45, 2.75) is 31.8 Å². The van der Waals surface area contributed by atoms with Gasteiger partial charge >= 0.3 is 5.97 Å². The number of hydrogen-bond acceptors (Lipinski definition) is 3. The Hall–Kier alpha value is -0.610. The van der Waals surface area contributed by atoms with Crippen molar-refractivity contribution in [2.24, 2.45) is 11.5 Å². The summed E-state index contributed by atoms with van der Waals surface area (Å²) in [5, 5.41) is 8.37. The van der Waals surface area contributed by atoms with Crippen LogP contribution < -0.4 is 11.5 Å². The van der Waals surface area contributed by atoms with Crippen LogP contribution in [0.3, 0.4) is 0 Å². The van der Waals surface area contributed by atoms with Crippen molar-refractivity contribution in [3.05, 3.63) is 0 Å². The molecular weight excluding hydrogens is 132 g/mol. The Labute approximate surface area is 60.2 Å². The Balaban J connectivity index is 3.69. The second kappa shape index (κ2) is 4.24. The molecular formula is C6H14N2O2. The minimum atomic E-state index is -1.03. The van der Waals surface area contributed by atoms with E-state index < -0.39 is 18.1 Å². The Kier molecular flexibility index (Phi) is 3.99. The van der Waals surface area contributed by atoms with Gasteiger partial charge in [-0.25, -0.2) is 0 Å². The van der Waals surface area contributed by atoms with Gasteiger partial charge in [0.25, 0.3) is 0 Å². The number of carbonyl (C=O) groups is 1. The van der Waals surface area contributed by atoms with E-state index in [2.05, 4.69) is 0 Å². The molecule has 0 aliphatic carbocycles. The Bertz CT molecular complexity index is 116. The number of rotatable bonds is 4. The first kappa shape index (κ1) is 9.39. The first-order chi connectivity index (χ1) is 4.59. The fourth-order valence-corrected chi connectivity index (χ4v) is 0.696. The van der Waals surface area contributed by atoms with Gasteiger partial charge in [-0.05, 0) is 6.42 Å². The van der Waals surface area contributed by atoms with Crippen molar-refractivity contribution in [3.8, 4) is 0 Å². The molecule has 0 radical (unpaired) electrons. The van der Waals surface area contributed by atoms with E-state index in [0.29, 0.717) is 6.42 Å². The van der Waals surface area contributed by atoms with Crippen molar-refractivity contribution in [3.63, 3.8) is 0 Å². The van der Waals surface area contributed by atoms with Gasteiger partial charge in [-0.15, -0.1) is 0 Å². The molecule has 5 N–H and O–H groups in total. The highest BCUT2D eigenvalue weighted by molar-refractivity contribution is 5.74. The molecule has 0 bridgehead atoms. The lowest BCUT2D eigenvalue weighted by Gasteiger charge is -2.13. The fraction of sp³-hybridized carbons (Fsp3) is 0.833. The van der Waals surface area contributed by atoms with Gasteiger partial charge in [0, 0.05) is 6.04 Å². The second-order valence-corrected chi connectivity index (χ2v) is 2.32. The van der Waals surface area contributed by atoms with E-state index >= 15 is 0 Å². The van der Waals surface area contributed by atoms with Gasteiger partial charge in [0.05, 0.1) is 0 Å². The zero-order valence-electron chi connectivity index (χ0n) is 6.08. The predicted octanol–water partition coefficient (Wildman–Crippen LogP) is -0.474. The van der Waals surface area contributed by atoms with E-state index in [1.54, 1.807) is 0 Å². The number of carboxylic acid groups (broad SMARTS) is 1. The zero-order valence-corrected chi connectivity index (χ0v) is 6.08. The molecule has 0 aliphatic rings. The number of carboxylic acids is 1. The van der Waals surface area contributed by atoms with Crippen molar-refractivity contribution in [2.75, 3.05) is 0 Å². The second-order valence-electron chi connectivity index (χ2n) is 2.32. The highest BCUT2D eigenvalue weighted by atomic mass is 16.4. The minimum absolute atomic E-state index is 0.414. The third-order valence-corrected chi connectivity index (χ3v) is 1.37. The lowest BCUT2D eigenvalue weighted by atomic mass is 10.1. The molecule has 0 aromatic heterocycles. The SMILES string of the molecule is CCCC(N)[C@H](N)C(=O)O. The van der Waals surface area contributed by atoms with E-state index in [-0.39, 0.29) is 0 Å². The van der Waals surface area contributed by atoms with Crippen molar-refractivity contribution < 1.29 is 9.90 Å². The smallest absolute Gasteiger partial charge is 0.322 e. The standard InChI is InChI=1S/C6H14N2O2/c1-2-3-4(7)5(8)6(9)10/h4-5H,2-3,7-8H2,1H3,(H,9,10)/t4?,5-/m0/s1. The first-order valence-electron chi connectivity index (χ1n) is 3.33. The number of aliphatic carboxylic acids is 1. The molecule has 0 saturated heterocycles. The third-order valence-electron chi connectivity index (χ3n) is 1.37. The molecule has 1 unspecified atom stereocenters. The summed E-state index contributed by atoms with van der Waals surface area (Å²) in [4.78, 5) is 10.2. The van der Waals surface area contributed by atoms with Gasteiger partial charge in [0.15, 0.2) is 0 Å². The molecule has 0 rings (SSSR count). The molecule has 0 aromatic rings. The van der Waals surface area contributed by atoms with Crippen LogP contribution >= 0.6 is 0 Å². The van der Waals surface area contributed by atoms with Crippen LogP contribution in [0.15, 0.2) is 0 Å². The van der Waals surface area contributed by atoms with Crippen LogP contribution in [0.1, 0.15) is 19.8 Å². The molecule has 0 aromatic carbocycles. The van der Waals surface area contributed by atoms with E-state index in [1.165, 1.54) is 0 Å². The molecule has 0 amide bonds. The maximum absolute atomic E-state index is 10.2. The van der Waals surface area contributed by atoms with Crippen LogP contribution in [-0.4, -0.2) is 23.2 Å². The predicted molar refractivity (Wildman–Crippen MR) is 38.5 cm³/mol. The normalized spacial score (nSPS) is 16.3. The lowest BCUT2D eigenvalue weighted by molar-refractivity contribution is -0.139. The van der Waals surface area contributed by atoms with Crippen molar-refractivity contribution >= 4 is 5.97 Å². The molecule has 4 nitrogen and oxygen atoms in total. The maximum atomic E-state index is 10.2. The van der Waals surface area contributed by atoms with Gasteiger partial charge in [-0.1, -0.05) is 13.3 Å². The fourth-order valence-electron chi connectivity index (χ4n) is 0.696. The summed E-state index contributed by atoms with van der Waals surface area (Å²) < 4.78 is 0. The molecule has 60 valence electrons. The quantitative estimate of drug-likeness (QED) is 0.500. The number of nitrogens with two attached hydrogens (primary N) is 2. The van der Waals surface area contributed by atoms with Crippen LogP contribution in [0.4, 0.5) is 0 Å². The van der Waals surface area contributed by atoms with Crippen LogP contribution in [0.5, 0.6) is 0 Å². The van der Waals surface area contributed by atoms with Gasteiger partial charge < -0.3 is 16.6 Å². The largest absolute Gasteiger partial charge is 0.480 e. The summed E-state index contributed by atoms with van der Waals surface area (Å²) in [5.74, 6) is -1.03. The molecule has 10 heavy (non-hydrogen) atoms. The maximum Gasteiger partial charge on any atom is 0.322 e. The summed E-state index contributed by atoms with van der Waals surface area (Å²) in [5.41, 5.74) is 10.6. The summed E-state index contributed by atoms with van der Waals surface area (Å²) in [6, 6.07) is -1.33. The van der Waals surface area contributed by atoms with Gasteiger partial charge in [0.2, 0.25) is 0 Å². The molecule has 2 atom stereocenters. The number of hydrogen-bond donors (Lipinski definition) is 3. The zero-order chi connectivity index (χ0) is 8.15.